The second-order valence-electron chi connectivity index (χ2n) is 3.88. The van der Waals surface area contributed by atoms with Crippen molar-refractivity contribution in [1.29, 1.82) is 0 Å². The molecule has 1 amide bonds. The number of halogens is 4. The quantitative estimate of drug-likeness (QED) is 0.759. The molecule has 0 unspecified atom stereocenters. The first-order valence-electron chi connectivity index (χ1n) is 5.04. The molecular formula is C11H9F4NO. The molecule has 6 heteroatoms. The summed E-state index contributed by atoms with van der Waals surface area (Å²) < 4.78 is 49.7. The first-order valence-corrected chi connectivity index (χ1v) is 5.04. The molecular weight excluding hydrogens is 238 g/mol. The minimum absolute atomic E-state index is 0.171. The maximum Gasteiger partial charge on any atom is 0.471 e. The summed E-state index contributed by atoms with van der Waals surface area (Å²) in [6.45, 7) is 0. The van der Waals surface area contributed by atoms with Crippen molar-refractivity contribution in [3.63, 3.8) is 0 Å². The summed E-state index contributed by atoms with van der Waals surface area (Å²) in [5.41, 5.74) is 0.822. The zero-order chi connectivity index (χ0) is 12.6. The molecule has 1 aliphatic rings. The zero-order valence-electron chi connectivity index (χ0n) is 8.64. The topological polar surface area (TPSA) is 29.1 Å². The number of hydrogen-bond acceptors (Lipinski definition) is 1. The monoisotopic (exact) mass is 247 g/mol. The van der Waals surface area contributed by atoms with Crippen LogP contribution in [0.1, 0.15) is 23.6 Å². The van der Waals surface area contributed by atoms with Gasteiger partial charge in [0.05, 0.1) is 6.04 Å². The summed E-state index contributed by atoms with van der Waals surface area (Å²) in [5, 5.41) is 1.81. The molecule has 0 saturated carbocycles. The number of carbonyl (C=O) groups excluding carboxylic acids is 1. The van der Waals surface area contributed by atoms with Gasteiger partial charge < -0.3 is 5.32 Å². The van der Waals surface area contributed by atoms with Crippen molar-refractivity contribution in [1.82, 2.24) is 5.32 Å². The Bertz CT molecular complexity index is 455. The first kappa shape index (κ1) is 11.9. The van der Waals surface area contributed by atoms with E-state index in [2.05, 4.69) is 0 Å². The second kappa shape index (κ2) is 4.01. The van der Waals surface area contributed by atoms with Gasteiger partial charge in [0.1, 0.15) is 5.82 Å². The Morgan fingerprint density at radius 1 is 1.35 bits per heavy atom. The molecule has 1 aliphatic carbocycles. The number of hydrogen-bond donors (Lipinski definition) is 1. The van der Waals surface area contributed by atoms with E-state index in [1.54, 1.807) is 6.07 Å². The molecule has 92 valence electrons. The zero-order valence-corrected chi connectivity index (χ0v) is 8.64. The van der Waals surface area contributed by atoms with E-state index >= 15 is 0 Å². The van der Waals surface area contributed by atoms with Gasteiger partial charge in [0, 0.05) is 5.56 Å². The summed E-state index contributed by atoms with van der Waals surface area (Å²) in [6, 6.07) is 3.44. The van der Waals surface area contributed by atoms with Gasteiger partial charge in [0.25, 0.3) is 0 Å². The summed E-state index contributed by atoms with van der Waals surface area (Å²) in [6.07, 6.45) is -4.18. The van der Waals surface area contributed by atoms with Gasteiger partial charge in [-0.15, -0.1) is 0 Å². The molecule has 0 saturated heterocycles. The molecule has 0 radical (unpaired) electrons. The summed E-state index contributed by atoms with van der Waals surface area (Å²) in [5.74, 6) is -2.61. The number of alkyl halides is 3. The second-order valence-corrected chi connectivity index (χ2v) is 3.88. The van der Waals surface area contributed by atoms with Crippen LogP contribution in [0.5, 0.6) is 0 Å². The predicted molar refractivity (Wildman–Crippen MR) is 51.7 cm³/mol. The van der Waals surface area contributed by atoms with Gasteiger partial charge >= 0.3 is 12.1 Å². The average molecular weight is 247 g/mol. The van der Waals surface area contributed by atoms with Crippen LogP contribution in [0.4, 0.5) is 17.6 Å². The minimum Gasteiger partial charge on any atom is -0.341 e. The number of amides is 1. The minimum atomic E-state index is -4.94. The van der Waals surface area contributed by atoms with E-state index in [4.69, 9.17) is 0 Å². The maximum atomic E-state index is 13.5. The molecule has 1 atom stereocenters. The molecule has 0 spiro atoms. The van der Waals surface area contributed by atoms with Gasteiger partial charge in [-0.1, -0.05) is 12.1 Å². The van der Waals surface area contributed by atoms with E-state index < -0.39 is 23.9 Å². The number of benzene rings is 1. The van der Waals surface area contributed by atoms with Gasteiger partial charge in [-0.3, -0.25) is 4.79 Å². The molecule has 0 fully saturated rings. The Kier molecular flexibility index (Phi) is 2.81. The Labute approximate surface area is 94.6 Å². The van der Waals surface area contributed by atoms with Crippen molar-refractivity contribution in [3.05, 3.63) is 35.1 Å². The number of nitrogens with one attached hydrogen (secondary N) is 1. The van der Waals surface area contributed by atoms with Crippen LogP contribution in [-0.2, 0) is 11.2 Å². The standard InChI is InChI=1S/C11H9F4NO/c12-7-3-1-2-6-4-5-8(9(6)7)16-10(17)11(13,14)15/h1-3,8H,4-5H2,(H,16,17)/t8-/m0/s1. The molecule has 0 aromatic heterocycles. The van der Waals surface area contributed by atoms with Crippen LogP contribution < -0.4 is 5.32 Å². The summed E-state index contributed by atoms with van der Waals surface area (Å²) in [7, 11) is 0. The Balaban J connectivity index is 2.21. The van der Waals surface area contributed by atoms with Crippen molar-refractivity contribution in [2.24, 2.45) is 0 Å². The molecule has 0 heterocycles. The van der Waals surface area contributed by atoms with E-state index in [-0.39, 0.29) is 12.0 Å². The van der Waals surface area contributed by atoms with Crippen LogP contribution in [0.25, 0.3) is 0 Å². The molecule has 2 rings (SSSR count). The number of rotatable bonds is 1. The van der Waals surface area contributed by atoms with Gasteiger partial charge in [-0.25, -0.2) is 4.39 Å². The highest BCUT2D eigenvalue weighted by atomic mass is 19.4. The van der Waals surface area contributed by atoms with Crippen molar-refractivity contribution in [2.45, 2.75) is 25.1 Å². The molecule has 1 aromatic carbocycles. The molecule has 0 bridgehead atoms. The normalized spacial score (nSPS) is 18.9. The maximum absolute atomic E-state index is 13.5. The fourth-order valence-electron chi connectivity index (χ4n) is 2.02. The third-order valence-electron chi connectivity index (χ3n) is 2.76. The molecule has 1 aromatic rings. The molecule has 0 aliphatic heterocycles. The van der Waals surface area contributed by atoms with Crippen LogP contribution in [0.2, 0.25) is 0 Å². The van der Waals surface area contributed by atoms with E-state index in [1.807, 2.05) is 5.32 Å². The Morgan fingerprint density at radius 3 is 2.71 bits per heavy atom. The molecule has 1 N–H and O–H groups in total. The SMILES string of the molecule is O=C(N[C@H]1CCc2cccc(F)c21)C(F)(F)F. The smallest absolute Gasteiger partial charge is 0.341 e. The first-order chi connectivity index (χ1) is 7.89. The van der Waals surface area contributed by atoms with Gasteiger partial charge in [0.15, 0.2) is 0 Å². The van der Waals surface area contributed by atoms with Gasteiger partial charge in [-0.05, 0) is 24.5 Å². The fraction of sp³-hybridized carbons (Fsp3) is 0.364. The van der Waals surface area contributed by atoms with E-state index in [9.17, 15) is 22.4 Å². The lowest BCUT2D eigenvalue weighted by atomic mass is 10.1. The Hall–Kier alpha value is -1.59. The van der Waals surface area contributed by atoms with Crippen molar-refractivity contribution in [3.8, 4) is 0 Å². The lowest BCUT2D eigenvalue weighted by molar-refractivity contribution is -0.174. The predicted octanol–water partition coefficient (Wildman–Crippen LogP) is 2.49. The Morgan fingerprint density at radius 2 is 2.06 bits per heavy atom. The van der Waals surface area contributed by atoms with Gasteiger partial charge in [-0.2, -0.15) is 13.2 Å². The molecule has 17 heavy (non-hydrogen) atoms. The van der Waals surface area contributed by atoms with E-state index in [1.165, 1.54) is 12.1 Å². The molecule has 2 nitrogen and oxygen atoms in total. The third-order valence-corrected chi connectivity index (χ3v) is 2.76. The summed E-state index contributed by atoms with van der Waals surface area (Å²) in [4.78, 5) is 10.8. The van der Waals surface area contributed by atoms with Crippen molar-refractivity contribution in [2.75, 3.05) is 0 Å². The third kappa shape index (κ3) is 2.25. The highest BCUT2D eigenvalue weighted by molar-refractivity contribution is 5.82. The average Bonchev–Trinajstić information content (AvgIpc) is 2.61. The van der Waals surface area contributed by atoms with Crippen molar-refractivity contribution < 1.29 is 22.4 Å². The van der Waals surface area contributed by atoms with E-state index in [0.717, 1.165) is 0 Å². The van der Waals surface area contributed by atoms with Crippen LogP contribution in [0.15, 0.2) is 18.2 Å². The lowest BCUT2D eigenvalue weighted by Crippen LogP contribution is -2.38. The number of fused-ring (bicyclic) bond motifs is 1. The fourth-order valence-corrected chi connectivity index (χ4v) is 2.02. The highest BCUT2D eigenvalue weighted by Gasteiger charge is 2.41. The number of carbonyl (C=O) groups is 1. The van der Waals surface area contributed by atoms with Gasteiger partial charge in [0.2, 0.25) is 0 Å². The number of aryl methyl sites for hydroxylation is 1. The highest BCUT2D eigenvalue weighted by Crippen LogP contribution is 2.33. The lowest BCUT2D eigenvalue weighted by Gasteiger charge is -2.15. The van der Waals surface area contributed by atoms with Crippen LogP contribution in [-0.4, -0.2) is 12.1 Å². The van der Waals surface area contributed by atoms with Crippen molar-refractivity contribution >= 4 is 5.91 Å². The van der Waals surface area contributed by atoms with Crippen LogP contribution >= 0.6 is 0 Å². The largest absolute Gasteiger partial charge is 0.471 e. The summed E-state index contributed by atoms with van der Waals surface area (Å²) >= 11 is 0. The van der Waals surface area contributed by atoms with Crippen LogP contribution in [0, 0.1) is 5.82 Å². The van der Waals surface area contributed by atoms with E-state index in [0.29, 0.717) is 12.0 Å². The van der Waals surface area contributed by atoms with Crippen LogP contribution in [0.3, 0.4) is 0 Å².